The molecule has 2 amide bonds. The standard InChI is InChI=1S/C22H31ClN4O2/c1-13(2)12-27-16(6)18(15(5)26-27)9-10-21(28)25-20-11-17(23)7-8-19(20)22(29)24-14(3)4/h7-8,11,13-14H,9-10,12H2,1-6H3,(H,24,29)(H,25,28). The van der Waals surface area contributed by atoms with Crippen molar-refractivity contribution in [3.8, 4) is 0 Å². The zero-order valence-electron chi connectivity index (χ0n) is 18.1. The smallest absolute Gasteiger partial charge is 0.253 e. The lowest BCUT2D eigenvalue weighted by molar-refractivity contribution is -0.116. The van der Waals surface area contributed by atoms with Crippen LogP contribution in [0.4, 0.5) is 5.69 Å². The number of nitrogens with one attached hydrogen (secondary N) is 2. The van der Waals surface area contributed by atoms with E-state index in [4.69, 9.17) is 11.6 Å². The first-order valence-corrected chi connectivity index (χ1v) is 10.4. The van der Waals surface area contributed by atoms with Crippen molar-refractivity contribution >= 4 is 29.1 Å². The van der Waals surface area contributed by atoms with Crippen LogP contribution in [0.5, 0.6) is 0 Å². The van der Waals surface area contributed by atoms with E-state index in [2.05, 4.69) is 29.6 Å². The van der Waals surface area contributed by atoms with Crippen molar-refractivity contribution in [2.75, 3.05) is 5.32 Å². The number of rotatable bonds is 8. The van der Waals surface area contributed by atoms with Crippen LogP contribution in [0.2, 0.25) is 5.02 Å². The number of anilines is 1. The van der Waals surface area contributed by atoms with Crippen molar-refractivity contribution < 1.29 is 9.59 Å². The molecule has 0 aliphatic rings. The number of aryl methyl sites for hydroxylation is 1. The molecule has 0 saturated carbocycles. The highest BCUT2D eigenvalue weighted by molar-refractivity contribution is 6.31. The van der Waals surface area contributed by atoms with Gasteiger partial charge in [-0.2, -0.15) is 5.10 Å². The predicted octanol–water partition coefficient (Wildman–Crippen LogP) is 4.52. The van der Waals surface area contributed by atoms with E-state index in [1.165, 1.54) is 0 Å². The molecule has 1 aromatic carbocycles. The lowest BCUT2D eigenvalue weighted by Gasteiger charge is -2.14. The first-order chi connectivity index (χ1) is 13.6. The summed E-state index contributed by atoms with van der Waals surface area (Å²) in [5.74, 6) is 0.0947. The lowest BCUT2D eigenvalue weighted by atomic mass is 10.1. The number of halogens is 1. The van der Waals surface area contributed by atoms with Gasteiger partial charge in [-0.1, -0.05) is 25.4 Å². The minimum atomic E-state index is -0.242. The summed E-state index contributed by atoms with van der Waals surface area (Å²) in [6.07, 6.45) is 0.891. The number of hydrogen-bond donors (Lipinski definition) is 2. The largest absolute Gasteiger partial charge is 0.350 e. The Morgan fingerprint density at radius 2 is 1.86 bits per heavy atom. The lowest BCUT2D eigenvalue weighted by Crippen LogP contribution is -2.31. The number of carbonyl (C=O) groups is 2. The van der Waals surface area contributed by atoms with Crippen LogP contribution >= 0.6 is 11.6 Å². The molecule has 1 aromatic heterocycles. The summed E-state index contributed by atoms with van der Waals surface area (Å²) in [7, 11) is 0. The molecule has 0 spiro atoms. The van der Waals surface area contributed by atoms with Crippen molar-refractivity contribution in [2.45, 2.75) is 67.0 Å². The summed E-state index contributed by atoms with van der Waals surface area (Å²) in [6, 6.07) is 4.86. The fraction of sp³-hybridized carbons (Fsp3) is 0.500. The first-order valence-electron chi connectivity index (χ1n) is 10.0. The van der Waals surface area contributed by atoms with E-state index in [-0.39, 0.29) is 17.9 Å². The number of amides is 2. The molecule has 0 atom stereocenters. The van der Waals surface area contributed by atoms with E-state index in [1.54, 1.807) is 18.2 Å². The minimum Gasteiger partial charge on any atom is -0.350 e. The second kappa shape index (κ2) is 9.92. The monoisotopic (exact) mass is 418 g/mol. The first kappa shape index (κ1) is 22.9. The summed E-state index contributed by atoms with van der Waals surface area (Å²) in [6.45, 7) is 13.0. The number of carbonyl (C=O) groups excluding carboxylic acids is 2. The van der Waals surface area contributed by atoms with E-state index in [0.717, 1.165) is 23.5 Å². The number of benzene rings is 1. The van der Waals surface area contributed by atoms with Crippen molar-refractivity contribution in [2.24, 2.45) is 5.92 Å². The van der Waals surface area contributed by atoms with Crippen LogP contribution in [0.25, 0.3) is 0 Å². The molecule has 0 unspecified atom stereocenters. The highest BCUT2D eigenvalue weighted by Crippen LogP contribution is 2.22. The van der Waals surface area contributed by atoms with Gasteiger partial charge >= 0.3 is 0 Å². The van der Waals surface area contributed by atoms with Crippen molar-refractivity contribution in [3.05, 3.63) is 45.7 Å². The van der Waals surface area contributed by atoms with Gasteiger partial charge < -0.3 is 10.6 Å². The highest BCUT2D eigenvalue weighted by Gasteiger charge is 2.17. The molecule has 2 N–H and O–H groups in total. The quantitative estimate of drug-likeness (QED) is 0.661. The van der Waals surface area contributed by atoms with Gasteiger partial charge in [0.1, 0.15) is 0 Å². The average Bonchev–Trinajstić information content (AvgIpc) is 2.85. The summed E-state index contributed by atoms with van der Waals surface area (Å²) in [5, 5.41) is 10.7. The topological polar surface area (TPSA) is 76.0 Å². The Hall–Kier alpha value is -2.34. The van der Waals surface area contributed by atoms with E-state index < -0.39 is 0 Å². The molecule has 0 fully saturated rings. The molecule has 6 nitrogen and oxygen atoms in total. The van der Waals surface area contributed by atoms with Crippen LogP contribution < -0.4 is 10.6 Å². The molecule has 0 radical (unpaired) electrons. The summed E-state index contributed by atoms with van der Waals surface area (Å²) >= 11 is 6.08. The molecule has 1 heterocycles. The SMILES string of the molecule is Cc1nn(CC(C)C)c(C)c1CCC(=O)Nc1cc(Cl)ccc1C(=O)NC(C)C. The van der Waals surface area contributed by atoms with Gasteiger partial charge in [-0.3, -0.25) is 14.3 Å². The third-order valence-corrected chi connectivity index (χ3v) is 4.83. The highest BCUT2D eigenvalue weighted by atomic mass is 35.5. The summed E-state index contributed by atoms with van der Waals surface area (Å²) < 4.78 is 2.01. The van der Waals surface area contributed by atoms with Gasteiger partial charge in [0.05, 0.1) is 16.9 Å². The van der Waals surface area contributed by atoms with Crippen LogP contribution in [0.1, 0.15) is 61.4 Å². The molecule has 0 saturated heterocycles. The zero-order chi connectivity index (χ0) is 21.7. The molecule has 2 aromatic rings. The fourth-order valence-electron chi connectivity index (χ4n) is 3.23. The van der Waals surface area contributed by atoms with E-state index in [9.17, 15) is 9.59 Å². The number of aromatic nitrogens is 2. The normalized spacial score (nSPS) is 11.2. The van der Waals surface area contributed by atoms with Crippen LogP contribution in [-0.2, 0) is 17.8 Å². The van der Waals surface area contributed by atoms with Crippen molar-refractivity contribution in [3.63, 3.8) is 0 Å². The number of hydrogen-bond acceptors (Lipinski definition) is 3. The van der Waals surface area contributed by atoms with Gasteiger partial charge in [-0.15, -0.1) is 0 Å². The number of nitrogens with zero attached hydrogens (tertiary/aromatic N) is 2. The van der Waals surface area contributed by atoms with Crippen molar-refractivity contribution in [1.29, 1.82) is 0 Å². The Morgan fingerprint density at radius 1 is 1.17 bits per heavy atom. The van der Waals surface area contributed by atoms with Crippen LogP contribution in [-0.4, -0.2) is 27.6 Å². The second-order valence-corrected chi connectivity index (χ2v) is 8.53. The van der Waals surface area contributed by atoms with Crippen molar-refractivity contribution in [1.82, 2.24) is 15.1 Å². The van der Waals surface area contributed by atoms with Gasteiger partial charge in [0.15, 0.2) is 0 Å². The molecular formula is C22H31ClN4O2. The molecular weight excluding hydrogens is 388 g/mol. The maximum atomic E-state index is 12.6. The van der Waals surface area contributed by atoms with Gasteiger partial charge in [0.25, 0.3) is 5.91 Å². The molecule has 29 heavy (non-hydrogen) atoms. The Kier molecular flexibility index (Phi) is 7.85. The summed E-state index contributed by atoms with van der Waals surface area (Å²) in [5.41, 5.74) is 3.97. The van der Waals surface area contributed by atoms with Gasteiger partial charge in [-0.05, 0) is 63.8 Å². The molecule has 2 rings (SSSR count). The maximum absolute atomic E-state index is 12.6. The molecule has 0 aliphatic carbocycles. The predicted molar refractivity (Wildman–Crippen MR) is 118 cm³/mol. The molecule has 0 aliphatic heterocycles. The Bertz CT molecular complexity index is 887. The van der Waals surface area contributed by atoms with E-state index >= 15 is 0 Å². The third-order valence-electron chi connectivity index (χ3n) is 4.59. The fourth-order valence-corrected chi connectivity index (χ4v) is 3.40. The molecule has 0 bridgehead atoms. The second-order valence-electron chi connectivity index (χ2n) is 8.09. The molecule has 158 valence electrons. The van der Waals surface area contributed by atoms with Gasteiger partial charge in [0.2, 0.25) is 5.91 Å². The van der Waals surface area contributed by atoms with Gasteiger partial charge in [0, 0.05) is 29.7 Å². The van der Waals surface area contributed by atoms with Crippen LogP contribution in [0.15, 0.2) is 18.2 Å². The Labute approximate surface area is 178 Å². The third kappa shape index (κ3) is 6.32. The summed E-state index contributed by atoms with van der Waals surface area (Å²) in [4.78, 5) is 25.0. The van der Waals surface area contributed by atoms with Crippen LogP contribution in [0, 0.1) is 19.8 Å². The maximum Gasteiger partial charge on any atom is 0.253 e. The zero-order valence-corrected chi connectivity index (χ0v) is 18.9. The Morgan fingerprint density at radius 3 is 2.48 bits per heavy atom. The van der Waals surface area contributed by atoms with E-state index in [1.807, 2.05) is 32.4 Å². The molecule has 7 heteroatoms. The average molecular weight is 419 g/mol. The van der Waals surface area contributed by atoms with E-state index in [0.29, 0.717) is 35.0 Å². The Balaban J connectivity index is 2.10. The minimum absolute atomic E-state index is 0.00458. The van der Waals surface area contributed by atoms with Crippen LogP contribution in [0.3, 0.4) is 0 Å². The van der Waals surface area contributed by atoms with Gasteiger partial charge in [-0.25, -0.2) is 0 Å².